The summed E-state index contributed by atoms with van der Waals surface area (Å²) in [6.45, 7) is 3.51. The van der Waals surface area contributed by atoms with Crippen LogP contribution in [0.4, 0.5) is 0 Å². The Kier molecular flexibility index (Phi) is 4.99. The average molecular weight is 274 g/mol. The maximum absolute atomic E-state index is 9.39. The van der Waals surface area contributed by atoms with Gasteiger partial charge in [-0.05, 0) is 50.3 Å². The van der Waals surface area contributed by atoms with Crippen LogP contribution >= 0.6 is 0 Å². The van der Waals surface area contributed by atoms with Gasteiger partial charge in [-0.2, -0.15) is 5.26 Å². The number of nitrogens with zero attached hydrogens (tertiary/aromatic N) is 1. The van der Waals surface area contributed by atoms with Crippen LogP contribution in [0.15, 0.2) is 24.3 Å². The highest BCUT2D eigenvalue weighted by Gasteiger charge is 2.25. The molecule has 1 aromatic rings. The zero-order valence-electron chi connectivity index (χ0n) is 11.9. The molecule has 2 atom stereocenters. The highest BCUT2D eigenvalue weighted by molar-refractivity contribution is 5.26. The summed E-state index contributed by atoms with van der Waals surface area (Å²) in [5, 5.41) is 22.0. The summed E-state index contributed by atoms with van der Waals surface area (Å²) in [7, 11) is 0. The van der Waals surface area contributed by atoms with E-state index in [0.717, 1.165) is 44.4 Å². The van der Waals surface area contributed by atoms with E-state index in [1.54, 1.807) is 12.1 Å². The van der Waals surface area contributed by atoms with E-state index < -0.39 is 5.54 Å². The first-order chi connectivity index (χ1) is 9.61. The Labute approximate surface area is 120 Å². The molecule has 1 aliphatic heterocycles. The van der Waals surface area contributed by atoms with Gasteiger partial charge in [0.2, 0.25) is 0 Å². The lowest BCUT2D eigenvalue weighted by Crippen LogP contribution is -2.45. The first kappa shape index (κ1) is 14.8. The molecule has 2 rings (SSSR count). The topological polar surface area (TPSA) is 65.3 Å². The van der Waals surface area contributed by atoms with Crippen LogP contribution in [0.2, 0.25) is 0 Å². The van der Waals surface area contributed by atoms with Gasteiger partial charge in [0.05, 0.1) is 12.2 Å². The number of hydrogen-bond acceptors (Lipinski definition) is 4. The van der Waals surface area contributed by atoms with Gasteiger partial charge in [-0.1, -0.05) is 12.1 Å². The van der Waals surface area contributed by atoms with E-state index in [1.807, 2.05) is 19.1 Å². The summed E-state index contributed by atoms with van der Waals surface area (Å²) in [4.78, 5) is 0. The van der Waals surface area contributed by atoms with Crippen LogP contribution < -0.4 is 5.32 Å². The van der Waals surface area contributed by atoms with Crippen molar-refractivity contribution in [1.29, 1.82) is 5.26 Å². The third kappa shape index (κ3) is 4.22. The fourth-order valence-electron chi connectivity index (χ4n) is 2.39. The predicted octanol–water partition coefficient (Wildman–Crippen LogP) is 2.38. The minimum absolute atomic E-state index is 0.247. The van der Waals surface area contributed by atoms with Crippen molar-refractivity contribution >= 4 is 0 Å². The van der Waals surface area contributed by atoms with Crippen molar-refractivity contribution in [2.45, 2.75) is 44.2 Å². The van der Waals surface area contributed by atoms with E-state index in [4.69, 9.17) is 4.74 Å². The smallest absolute Gasteiger partial charge is 0.115 e. The fraction of sp³-hybridized carbons (Fsp3) is 0.562. The zero-order valence-corrected chi connectivity index (χ0v) is 11.9. The second-order valence-corrected chi connectivity index (χ2v) is 5.63. The molecule has 1 heterocycles. The molecule has 0 aromatic heterocycles. The van der Waals surface area contributed by atoms with E-state index in [9.17, 15) is 10.4 Å². The van der Waals surface area contributed by atoms with Gasteiger partial charge >= 0.3 is 0 Å². The Morgan fingerprint density at radius 3 is 2.80 bits per heavy atom. The maximum Gasteiger partial charge on any atom is 0.115 e. The van der Waals surface area contributed by atoms with Crippen molar-refractivity contribution in [3.8, 4) is 11.8 Å². The number of nitriles is 1. The molecule has 0 saturated carbocycles. The van der Waals surface area contributed by atoms with Gasteiger partial charge in [0.25, 0.3) is 0 Å². The maximum atomic E-state index is 9.39. The molecule has 2 N–H and O–H groups in total. The molecule has 0 aliphatic carbocycles. The van der Waals surface area contributed by atoms with Gasteiger partial charge in [0, 0.05) is 13.2 Å². The largest absolute Gasteiger partial charge is 0.508 e. The Morgan fingerprint density at radius 2 is 2.20 bits per heavy atom. The third-order valence-corrected chi connectivity index (χ3v) is 3.84. The molecule has 1 fully saturated rings. The van der Waals surface area contributed by atoms with Crippen molar-refractivity contribution in [2.24, 2.45) is 0 Å². The molecule has 0 bridgehead atoms. The molecule has 0 spiro atoms. The normalized spacial score (nSPS) is 21.3. The van der Waals surface area contributed by atoms with Crippen LogP contribution in [0.1, 0.15) is 31.7 Å². The van der Waals surface area contributed by atoms with Gasteiger partial charge in [0.1, 0.15) is 11.3 Å². The molecule has 1 aliphatic rings. The Bertz CT molecular complexity index is 460. The molecule has 1 aromatic carbocycles. The zero-order chi connectivity index (χ0) is 14.4. The summed E-state index contributed by atoms with van der Waals surface area (Å²) in [5.74, 6) is 0.272. The van der Waals surface area contributed by atoms with Crippen molar-refractivity contribution in [1.82, 2.24) is 5.32 Å². The lowest BCUT2D eigenvalue weighted by Gasteiger charge is -2.25. The van der Waals surface area contributed by atoms with Crippen LogP contribution in [0.5, 0.6) is 5.75 Å². The predicted molar refractivity (Wildman–Crippen MR) is 77.4 cm³/mol. The minimum atomic E-state index is -0.538. The summed E-state index contributed by atoms with van der Waals surface area (Å²) in [6.07, 6.45) is 3.98. The first-order valence-corrected chi connectivity index (χ1v) is 7.17. The minimum Gasteiger partial charge on any atom is -0.508 e. The number of phenolic OH excluding ortho intramolecular Hbond substituents is 1. The van der Waals surface area contributed by atoms with E-state index in [1.165, 1.54) is 0 Å². The number of rotatable bonds is 6. The molecule has 4 nitrogen and oxygen atoms in total. The monoisotopic (exact) mass is 274 g/mol. The van der Waals surface area contributed by atoms with E-state index in [2.05, 4.69) is 11.4 Å². The molecule has 0 radical (unpaired) electrons. The SMILES string of the molecule is CC(C#N)(CCc1ccc(O)cc1)NCC1CCCO1. The number of aromatic hydroxyl groups is 1. The van der Waals surface area contributed by atoms with Crippen LogP contribution in [-0.2, 0) is 11.2 Å². The first-order valence-electron chi connectivity index (χ1n) is 7.17. The quantitative estimate of drug-likeness (QED) is 0.836. The molecule has 2 unspecified atom stereocenters. The van der Waals surface area contributed by atoms with Crippen LogP contribution in [0.3, 0.4) is 0 Å². The van der Waals surface area contributed by atoms with Gasteiger partial charge in [-0.25, -0.2) is 0 Å². The van der Waals surface area contributed by atoms with Crippen molar-refractivity contribution in [2.75, 3.05) is 13.2 Å². The molecule has 0 amide bonds. The fourth-order valence-corrected chi connectivity index (χ4v) is 2.39. The Morgan fingerprint density at radius 1 is 1.45 bits per heavy atom. The number of ether oxygens (including phenoxy) is 1. The van der Waals surface area contributed by atoms with Crippen LogP contribution in [0, 0.1) is 11.3 Å². The highest BCUT2D eigenvalue weighted by atomic mass is 16.5. The number of aryl methyl sites for hydroxylation is 1. The Balaban J connectivity index is 1.83. The summed E-state index contributed by atoms with van der Waals surface area (Å²) < 4.78 is 5.57. The summed E-state index contributed by atoms with van der Waals surface area (Å²) >= 11 is 0. The van der Waals surface area contributed by atoms with Crippen molar-refractivity contribution < 1.29 is 9.84 Å². The number of benzene rings is 1. The number of nitrogens with one attached hydrogen (secondary N) is 1. The van der Waals surface area contributed by atoms with E-state index >= 15 is 0 Å². The van der Waals surface area contributed by atoms with Gasteiger partial charge in [-0.15, -0.1) is 0 Å². The van der Waals surface area contributed by atoms with Gasteiger partial charge < -0.3 is 9.84 Å². The van der Waals surface area contributed by atoms with E-state index in [-0.39, 0.29) is 11.9 Å². The Hall–Kier alpha value is -1.57. The van der Waals surface area contributed by atoms with Crippen molar-refractivity contribution in [3.63, 3.8) is 0 Å². The third-order valence-electron chi connectivity index (χ3n) is 3.84. The molecule has 108 valence electrons. The summed E-state index contributed by atoms with van der Waals surface area (Å²) in [6, 6.07) is 9.52. The molecular weight excluding hydrogens is 252 g/mol. The standard InChI is InChI=1S/C16H22N2O2/c1-16(12-17,18-11-15-3-2-10-20-15)9-8-13-4-6-14(19)7-5-13/h4-7,15,18-19H,2-3,8-11H2,1H3. The van der Waals surface area contributed by atoms with Gasteiger partial charge in [-0.3, -0.25) is 5.32 Å². The lowest BCUT2D eigenvalue weighted by molar-refractivity contribution is 0.104. The highest BCUT2D eigenvalue weighted by Crippen LogP contribution is 2.17. The molecule has 1 saturated heterocycles. The molecule has 4 heteroatoms. The second-order valence-electron chi connectivity index (χ2n) is 5.63. The lowest BCUT2D eigenvalue weighted by atomic mass is 9.94. The summed E-state index contributed by atoms with van der Waals surface area (Å²) in [5.41, 5.74) is 0.590. The van der Waals surface area contributed by atoms with Gasteiger partial charge in [0.15, 0.2) is 0 Å². The number of hydrogen-bond donors (Lipinski definition) is 2. The second kappa shape index (κ2) is 6.74. The molecule has 20 heavy (non-hydrogen) atoms. The van der Waals surface area contributed by atoms with Crippen molar-refractivity contribution in [3.05, 3.63) is 29.8 Å². The van der Waals surface area contributed by atoms with E-state index in [0.29, 0.717) is 0 Å². The van der Waals surface area contributed by atoms with Crippen LogP contribution in [-0.4, -0.2) is 29.9 Å². The molecular formula is C16H22N2O2. The average Bonchev–Trinajstić information content (AvgIpc) is 2.98. The van der Waals surface area contributed by atoms with Crippen LogP contribution in [0.25, 0.3) is 0 Å². The number of phenols is 1.